The summed E-state index contributed by atoms with van der Waals surface area (Å²) in [5, 5.41) is 9.38. The summed E-state index contributed by atoms with van der Waals surface area (Å²) >= 11 is 0. The third-order valence-corrected chi connectivity index (χ3v) is 2.44. The summed E-state index contributed by atoms with van der Waals surface area (Å²) in [5.74, 6) is 0. The topological polar surface area (TPSA) is 55.5 Å². The van der Waals surface area contributed by atoms with Crippen molar-refractivity contribution in [3.05, 3.63) is 0 Å². The highest BCUT2D eigenvalue weighted by Crippen LogP contribution is 2.37. The van der Waals surface area contributed by atoms with Gasteiger partial charge in [0.2, 0.25) is 0 Å². The molecule has 0 aromatic carbocycles. The fourth-order valence-electron chi connectivity index (χ4n) is 1.41. The van der Waals surface area contributed by atoms with E-state index in [1.54, 1.807) is 7.11 Å². The monoisotopic (exact) mass is 145 g/mol. The van der Waals surface area contributed by atoms with E-state index in [4.69, 9.17) is 10.5 Å². The van der Waals surface area contributed by atoms with Crippen molar-refractivity contribution >= 4 is 0 Å². The standard InChI is InChI=1S/C7H15NO2/c1-10-7(3-2-4-7)6(9)5-8/h6,9H,2-5,8H2,1H3. The van der Waals surface area contributed by atoms with Gasteiger partial charge in [0.25, 0.3) is 0 Å². The van der Waals surface area contributed by atoms with Crippen LogP contribution in [-0.4, -0.2) is 30.5 Å². The lowest BCUT2D eigenvalue weighted by Crippen LogP contribution is -2.52. The second-order valence-electron chi connectivity index (χ2n) is 2.87. The number of hydrogen-bond donors (Lipinski definition) is 2. The average molecular weight is 145 g/mol. The predicted molar refractivity (Wildman–Crippen MR) is 38.7 cm³/mol. The van der Waals surface area contributed by atoms with Gasteiger partial charge >= 0.3 is 0 Å². The third kappa shape index (κ3) is 1.05. The van der Waals surface area contributed by atoms with Gasteiger partial charge in [0.05, 0.1) is 11.7 Å². The molecule has 1 atom stereocenters. The molecule has 1 fully saturated rings. The molecule has 1 aliphatic carbocycles. The maximum Gasteiger partial charge on any atom is 0.0951 e. The normalized spacial score (nSPS) is 25.5. The maximum atomic E-state index is 9.38. The maximum absolute atomic E-state index is 9.38. The van der Waals surface area contributed by atoms with Crippen molar-refractivity contribution in [1.82, 2.24) is 0 Å². The van der Waals surface area contributed by atoms with Gasteiger partial charge in [-0.3, -0.25) is 0 Å². The number of methoxy groups -OCH3 is 1. The molecule has 3 nitrogen and oxygen atoms in total. The van der Waals surface area contributed by atoms with Gasteiger partial charge in [-0.05, 0) is 19.3 Å². The summed E-state index contributed by atoms with van der Waals surface area (Å²) < 4.78 is 5.20. The van der Waals surface area contributed by atoms with Crippen molar-refractivity contribution in [2.75, 3.05) is 13.7 Å². The third-order valence-electron chi connectivity index (χ3n) is 2.44. The first-order valence-corrected chi connectivity index (χ1v) is 3.68. The van der Waals surface area contributed by atoms with Crippen LogP contribution in [0.2, 0.25) is 0 Å². The van der Waals surface area contributed by atoms with Crippen LogP contribution in [-0.2, 0) is 4.74 Å². The largest absolute Gasteiger partial charge is 0.389 e. The first-order valence-electron chi connectivity index (χ1n) is 3.68. The van der Waals surface area contributed by atoms with Crippen molar-refractivity contribution in [3.8, 4) is 0 Å². The molecule has 0 radical (unpaired) electrons. The van der Waals surface area contributed by atoms with Crippen LogP contribution >= 0.6 is 0 Å². The molecular formula is C7H15NO2. The molecule has 1 unspecified atom stereocenters. The second-order valence-corrected chi connectivity index (χ2v) is 2.87. The van der Waals surface area contributed by atoms with Crippen LogP contribution in [0.1, 0.15) is 19.3 Å². The predicted octanol–water partition coefficient (Wildman–Crippen LogP) is -0.125. The van der Waals surface area contributed by atoms with E-state index in [0.29, 0.717) is 6.54 Å². The van der Waals surface area contributed by atoms with Crippen molar-refractivity contribution < 1.29 is 9.84 Å². The number of hydrogen-bond acceptors (Lipinski definition) is 3. The van der Waals surface area contributed by atoms with E-state index in [0.717, 1.165) is 19.3 Å². The number of nitrogens with two attached hydrogens (primary N) is 1. The lowest BCUT2D eigenvalue weighted by molar-refractivity contribution is -0.145. The molecule has 0 spiro atoms. The molecule has 0 saturated heterocycles. The Bertz CT molecular complexity index is 107. The van der Waals surface area contributed by atoms with Crippen LogP contribution in [0.15, 0.2) is 0 Å². The van der Waals surface area contributed by atoms with E-state index >= 15 is 0 Å². The van der Waals surface area contributed by atoms with Gasteiger partial charge in [0, 0.05) is 13.7 Å². The summed E-state index contributed by atoms with van der Waals surface area (Å²) in [4.78, 5) is 0. The van der Waals surface area contributed by atoms with Crippen LogP contribution < -0.4 is 5.73 Å². The average Bonchev–Trinajstić information content (AvgIpc) is 1.86. The Morgan fingerprint density at radius 2 is 2.30 bits per heavy atom. The van der Waals surface area contributed by atoms with Crippen molar-refractivity contribution in [3.63, 3.8) is 0 Å². The van der Waals surface area contributed by atoms with Crippen molar-refractivity contribution in [1.29, 1.82) is 0 Å². The molecule has 1 aliphatic rings. The summed E-state index contributed by atoms with van der Waals surface area (Å²) in [6, 6.07) is 0. The van der Waals surface area contributed by atoms with Gasteiger partial charge in [-0.2, -0.15) is 0 Å². The first-order chi connectivity index (χ1) is 4.75. The van der Waals surface area contributed by atoms with Gasteiger partial charge < -0.3 is 15.6 Å². The second kappa shape index (κ2) is 2.86. The number of aliphatic hydroxyl groups excluding tert-OH is 1. The van der Waals surface area contributed by atoms with Gasteiger partial charge in [-0.1, -0.05) is 0 Å². The molecule has 10 heavy (non-hydrogen) atoms. The highest BCUT2D eigenvalue weighted by Gasteiger charge is 2.42. The lowest BCUT2D eigenvalue weighted by atomic mass is 9.76. The molecular weight excluding hydrogens is 130 g/mol. The zero-order valence-electron chi connectivity index (χ0n) is 6.34. The van der Waals surface area contributed by atoms with Crippen molar-refractivity contribution in [2.45, 2.75) is 31.0 Å². The number of ether oxygens (including phenoxy) is 1. The van der Waals surface area contributed by atoms with Crippen LogP contribution in [0.25, 0.3) is 0 Å². The molecule has 0 aromatic heterocycles. The van der Waals surface area contributed by atoms with Crippen LogP contribution in [0.5, 0.6) is 0 Å². The van der Waals surface area contributed by atoms with Crippen LogP contribution in [0, 0.1) is 0 Å². The molecule has 3 N–H and O–H groups in total. The SMILES string of the molecule is COC1(C(O)CN)CCC1. The quantitative estimate of drug-likeness (QED) is 0.582. The molecule has 0 aliphatic heterocycles. The Labute approximate surface area is 61.2 Å². The van der Waals surface area contributed by atoms with Gasteiger partial charge in [-0.25, -0.2) is 0 Å². The highest BCUT2D eigenvalue weighted by atomic mass is 16.5. The smallest absolute Gasteiger partial charge is 0.0951 e. The van der Waals surface area contributed by atoms with E-state index in [1.165, 1.54) is 0 Å². The molecule has 3 heteroatoms. The zero-order chi connectivity index (χ0) is 7.61. The Balaban J connectivity index is 2.46. The fourth-order valence-corrected chi connectivity index (χ4v) is 1.41. The minimum atomic E-state index is -0.480. The molecule has 0 aromatic rings. The van der Waals surface area contributed by atoms with E-state index in [-0.39, 0.29) is 5.60 Å². The molecule has 0 heterocycles. The molecule has 0 amide bonds. The fraction of sp³-hybridized carbons (Fsp3) is 1.00. The van der Waals surface area contributed by atoms with Gasteiger partial charge in [0.15, 0.2) is 0 Å². The molecule has 1 rings (SSSR count). The highest BCUT2D eigenvalue weighted by molar-refractivity contribution is 4.95. The Hall–Kier alpha value is -0.120. The van der Waals surface area contributed by atoms with Crippen LogP contribution in [0.4, 0.5) is 0 Å². The van der Waals surface area contributed by atoms with Crippen molar-refractivity contribution in [2.24, 2.45) is 5.73 Å². The zero-order valence-corrected chi connectivity index (χ0v) is 6.34. The summed E-state index contributed by atoms with van der Waals surface area (Å²) in [5.41, 5.74) is 5.02. The minimum Gasteiger partial charge on any atom is -0.389 e. The lowest BCUT2D eigenvalue weighted by Gasteiger charge is -2.43. The summed E-state index contributed by atoms with van der Waals surface area (Å²) in [6.45, 7) is 0.299. The summed E-state index contributed by atoms with van der Waals surface area (Å²) in [6.07, 6.45) is 2.56. The first kappa shape index (κ1) is 7.98. The minimum absolute atomic E-state index is 0.297. The van der Waals surface area contributed by atoms with Gasteiger partial charge in [-0.15, -0.1) is 0 Å². The number of aliphatic hydroxyl groups is 1. The van der Waals surface area contributed by atoms with E-state index in [9.17, 15) is 5.11 Å². The summed E-state index contributed by atoms with van der Waals surface area (Å²) in [7, 11) is 1.64. The molecule has 60 valence electrons. The van der Waals surface area contributed by atoms with Gasteiger partial charge in [0.1, 0.15) is 0 Å². The van der Waals surface area contributed by atoms with E-state index < -0.39 is 6.10 Å². The molecule has 0 bridgehead atoms. The molecule has 1 saturated carbocycles. The van der Waals surface area contributed by atoms with E-state index in [2.05, 4.69) is 0 Å². The Morgan fingerprint density at radius 3 is 2.40 bits per heavy atom. The van der Waals surface area contributed by atoms with E-state index in [1.807, 2.05) is 0 Å². The van der Waals surface area contributed by atoms with Crippen LogP contribution in [0.3, 0.4) is 0 Å². The number of rotatable bonds is 3. The Morgan fingerprint density at radius 1 is 1.70 bits per heavy atom. The Kier molecular flexibility index (Phi) is 2.28.